The smallest absolute Gasteiger partial charge is 0.0948 e. The third kappa shape index (κ3) is 3.38. The molecule has 1 aromatic carbocycles. The van der Waals surface area contributed by atoms with Gasteiger partial charge in [0.2, 0.25) is 0 Å². The minimum Gasteiger partial charge on any atom is -0.378 e. The van der Waals surface area contributed by atoms with Crippen molar-refractivity contribution in [1.82, 2.24) is 9.55 Å². The molecule has 2 rings (SSSR count). The maximum Gasteiger partial charge on any atom is 0.0948 e. The summed E-state index contributed by atoms with van der Waals surface area (Å²) in [5, 5.41) is 4.10. The summed E-state index contributed by atoms with van der Waals surface area (Å²) < 4.78 is 3.30. The Morgan fingerprint density at radius 2 is 2.28 bits per heavy atom. The number of imidazole rings is 1. The molecule has 0 fully saturated rings. The molecule has 0 spiro atoms. The molecular weight excluding hydrogens is 361 g/mol. The van der Waals surface area contributed by atoms with Gasteiger partial charge in [-0.3, -0.25) is 0 Å². The van der Waals surface area contributed by atoms with Crippen LogP contribution in [0, 0.1) is 3.57 Å². The highest BCUT2D eigenvalue weighted by molar-refractivity contribution is 14.1. The fourth-order valence-corrected chi connectivity index (χ4v) is 2.68. The highest BCUT2D eigenvalue weighted by Crippen LogP contribution is 2.24. The first-order valence-corrected chi connectivity index (χ1v) is 7.34. The van der Waals surface area contributed by atoms with Crippen LogP contribution in [0.5, 0.6) is 0 Å². The Morgan fingerprint density at radius 3 is 3.00 bits per heavy atom. The number of aromatic nitrogens is 2. The van der Waals surface area contributed by atoms with Gasteiger partial charge in [0.1, 0.15) is 0 Å². The van der Waals surface area contributed by atoms with Gasteiger partial charge in [-0.15, -0.1) is 0 Å². The molecule has 96 valence electrons. The lowest BCUT2D eigenvalue weighted by molar-refractivity contribution is 0.651. The summed E-state index contributed by atoms with van der Waals surface area (Å²) in [5.41, 5.74) is 2.13. The van der Waals surface area contributed by atoms with Crippen molar-refractivity contribution in [2.45, 2.75) is 26.4 Å². The molecule has 0 saturated carbocycles. The zero-order valence-electron chi connectivity index (χ0n) is 10.2. The molecule has 0 aliphatic rings. The van der Waals surface area contributed by atoms with Gasteiger partial charge >= 0.3 is 0 Å². The number of anilines is 1. The highest BCUT2D eigenvalue weighted by Gasteiger charge is 2.04. The summed E-state index contributed by atoms with van der Waals surface area (Å²) in [6.07, 6.45) is 4.87. The second-order valence-electron chi connectivity index (χ2n) is 4.06. The number of rotatable bonds is 5. The maximum atomic E-state index is 6.18. The van der Waals surface area contributed by atoms with Gasteiger partial charge in [0.15, 0.2) is 0 Å². The van der Waals surface area contributed by atoms with Crippen LogP contribution in [-0.2, 0) is 13.1 Å². The number of nitrogens with zero attached hydrogens (tertiary/aromatic N) is 2. The second kappa shape index (κ2) is 6.43. The van der Waals surface area contributed by atoms with Crippen LogP contribution >= 0.6 is 34.2 Å². The summed E-state index contributed by atoms with van der Waals surface area (Å²) in [4.78, 5) is 4.18. The van der Waals surface area contributed by atoms with Crippen molar-refractivity contribution in [3.05, 3.63) is 45.0 Å². The van der Waals surface area contributed by atoms with E-state index in [2.05, 4.69) is 44.4 Å². The van der Waals surface area contributed by atoms with E-state index in [4.69, 9.17) is 11.6 Å². The zero-order chi connectivity index (χ0) is 13.0. The van der Waals surface area contributed by atoms with E-state index in [1.807, 2.05) is 30.7 Å². The minimum atomic E-state index is 0.736. The van der Waals surface area contributed by atoms with Gasteiger partial charge < -0.3 is 9.88 Å². The molecule has 0 saturated heterocycles. The Labute approximate surface area is 126 Å². The lowest BCUT2D eigenvalue weighted by atomic mass is 10.3. The first kappa shape index (κ1) is 13.7. The van der Waals surface area contributed by atoms with Crippen LogP contribution in [0.2, 0.25) is 5.02 Å². The third-order valence-corrected chi connectivity index (χ3v) is 3.64. The standard InChI is InChI=1S/C13H15ClIN3/c1-2-5-18-9-16-7-11(18)8-17-13-4-3-10(15)6-12(13)14/h3-4,6-7,9,17H,2,5,8H2,1H3. The van der Waals surface area contributed by atoms with E-state index in [9.17, 15) is 0 Å². The molecule has 1 N–H and O–H groups in total. The van der Waals surface area contributed by atoms with Gasteiger partial charge in [0.25, 0.3) is 0 Å². The third-order valence-electron chi connectivity index (χ3n) is 2.65. The molecule has 5 heteroatoms. The number of nitrogens with one attached hydrogen (secondary N) is 1. The molecule has 3 nitrogen and oxygen atoms in total. The molecule has 1 heterocycles. The molecule has 0 aliphatic heterocycles. The normalized spacial score (nSPS) is 10.6. The maximum absolute atomic E-state index is 6.18. The van der Waals surface area contributed by atoms with Crippen LogP contribution < -0.4 is 5.32 Å². The van der Waals surface area contributed by atoms with Crippen molar-refractivity contribution in [2.24, 2.45) is 0 Å². The SMILES string of the molecule is CCCn1cncc1CNc1ccc(I)cc1Cl. The summed E-state index contributed by atoms with van der Waals surface area (Å²) >= 11 is 8.43. The lowest BCUT2D eigenvalue weighted by Gasteiger charge is -2.10. The Bertz CT molecular complexity index is 525. The van der Waals surface area contributed by atoms with Crippen molar-refractivity contribution in [3.8, 4) is 0 Å². The number of aryl methyl sites for hydroxylation is 1. The molecule has 18 heavy (non-hydrogen) atoms. The Morgan fingerprint density at radius 1 is 1.44 bits per heavy atom. The number of benzene rings is 1. The minimum absolute atomic E-state index is 0.736. The predicted octanol–water partition coefficient (Wildman–Crippen LogP) is 4.16. The van der Waals surface area contributed by atoms with Crippen molar-refractivity contribution >= 4 is 39.9 Å². The van der Waals surface area contributed by atoms with E-state index < -0.39 is 0 Å². The van der Waals surface area contributed by atoms with E-state index in [0.717, 1.165) is 33.8 Å². The molecule has 1 aromatic heterocycles. The Kier molecular flexibility index (Phi) is 4.88. The van der Waals surface area contributed by atoms with Gasteiger partial charge in [0, 0.05) is 16.3 Å². The molecule has 0 aliphatic carbocycles. The van der Waals surface area contributed by atoms with Gasteiger partial charge in [-0.2, -0.15) is 0 Å². The molecule has 0 unspecified atom stereocenters. The van der Waals surface area contributed by atoms with Crippen LogP contribution in [0.25, 0.3) is 0 Å². The van der Waals surface area contributed by atoms with Crippen molar-refractivity contribution in [1.29, 1.82) is 0 Å². The summed E-state index contributed by atoms with van der Waals surface area (Å²) in [5.74, 6) is 0. The second-order valence-corrected chi connectivity index (χ2v) is 5.71. The van der Waals surface area contributed by atoms with Crippen molar-refractivity contribution < 1.29 is 0 Å². The molecule has 2 aromatic rings. The Hall–Kier alpha value is -0.750. The fourth-order valence-electron chi connectivity index (χ4n) is 1.76. The van der Waals surface area contributed by atoms with E-state index in [1.54, 1.807) is 0 Å². The number of halogens is 2. The predicted molar refractivity (Wildman–Crippen MR) is 84.0 cm³/mol. The Balaban J connectivity index is 2.04. The molecule has 0 radical (unpaired) electrons. The van der Waals surface area contributed by atoms with Gasteiger partial charge in [0.05, 0.1) is 29.3 Å². The molecule has 0 atom stereocenters. The highest BCUT2D eigenvalue weighted by atomic mass is 127. The molecular formula is C13H15ClIN3. The fraction of sp³-hybridized carbons (Fsp3) is 0.308. The summed E-state index contributed by atoms with van der Waals surface area (Å²) in [6, 6.07) is 6.00. The van der Waals surface area contributed by atoms with Crippen LogP contribution in [-0.4, -0.2) is 9.55 Å². The summed E-state index contributed by atoms with van der Waals surface area (Å²) in [7, 11) is 0. The topological polar surface area (TPSA) is 29.9 Å². The largest absolute Gasteiger partial charge is 0.378 e. The number of hydrogen-bond donors (Lipinski definition) is 1. The first-order chi connectivity index (χ1) is 8.70. The van der Waals surface area contributed by atoms with E-state index in [0.29, 0.717) is 0 Å². The van der Waals surface area contributed by atoms with E-state index in [1.165, 1.54) is 5.69 Å². The average Bonchev–Trinajstić information content (AvgIpc) is 2.76. The van der Waals surface area contributed by atoms with E-state index >= 15 is 0 Å². The van der Waals surface area contributed by atoms with Crippen molar-refractivity contribution in [3.63, 3.8) is 0 Å². The van der Waals surface area contributed by atoms with Crippen LogP contribution in [0.15, 0.2) is 30.7 Å². The quantitative estimate of drug-likeness (QED) is 0.795. The molecule has 0 amide bonds. The first-order valence-electron chi connectivity index (χ1n) is 5.88. The molecule has 0 bridgehead atoms. The van der Waals surface area contributed by atoms with Gasteiger partial charge in [-0.1, -0.05) is 18.5 Å². The van der Waals surface area contributed by atoms with Crippen molar-refractivity contribution in [2.75, 3.05) is 5.32 Å². The van der Waals surface area contributed by atoms with Crippen LogP contribution in [0.1, 0.15) is 19.0 Å². The van der Waals surface area contributed by atoms with Crippen LogP contribution in [0.4, 0.5) is 5.69 Å². The lowest BCUT2D eigenvalue weighted by Crippen LogP contribution is -2.07. The van der Waals surface area contributed by atoms with Gasteiger partial charge in [-0.05, 0) is 47.2 Å². The van der Waals surface area contributed by atoms with Gasteiger partial charge in [-0.25, -0.2) is 4.98 Å². The monoisotopic (exact) mass is 375 g/mol. The average molecular weight is 376 g/mol. The summed E-state index contributed by atoms with van der Waals surface area (Å²) in [6.45, 7) is 3.89. The number of hydrogen-bond acceptors (Lipinski definition) is 2. The zero-order valence-corrected chi connectivity index (χ0v) is 13.1. The van der Waals surface area contributed by atoms with Crippen LogP contribution in [0.3, 0.4) is 0 Å². The van der Waals surface area contributed by atoms with E-state index in [-0.39, 0.29) is 0 Å².